The summed E-state index contributed by atoms with van der Waals surface area (Å²) >= 11 is 0. The first-order chi connectivity index (χ1) is 15.6. The van der Waals surface area contributed by atoms with Crippen LogP contribution in [-0.2, 0) is 6.54 Å². The van der Waals surface area contributed by atoms with Crippen molar-refractivity contribution in [1.82, 2.24) is 19.5 Å². The molecule has 0 unspecified atom stereocenters. The average Bonchev–Trinajstić information content (AvgIpc) is 3.26. The van der Waals surface area contributed by atoms with Crippen LogP contribution in [0.15, 0.2) is 86.9 Å². The van der Waals surface area contributed by atoms with Gasteiger partial charge in [-0.3, -0.25) is 14.3 Å². The van der Waals surface area contributed by atoms with Crippen molar-refractivity contribution in [1.29, 1.82) is 0 Å². The zero-order valence-electron chi connectivity index (χ0n) is 17.1. The number of ether oxygens (including phenoxy) is 1. The number of benzene rings is 2. The zero-order valence-corrected chi connectivity index (χ0v) is 17.1. The Bertz CT molecular complexity index is 1480. The summed E-state index contributed by atoms with van der Waals surface area (Å²) in [6.07, 6.45) is 1.66. The third-order valence-electron chi connectivity index (χ3n) is 5.04. The maximum atomic E-state index is 12.8. The first kappa shape index (κ1) is 19.5. The molecule has 32 heavy (non-hydrogen) atoms. The van der Waals surface area contributed by atoms with Crippen molar-refractivity contribution >= 4 is 11.2 Å². The van der Waals surface area contributed by atoms with E-state index in [0.717, 1.165) is 15.7 Å². The van der Waals surface area contributed by atoms with Crippen LogP contribution in [0, 0.1) is 6.92 Å². The van der Waals surface area contributed by atoms with Gasteiger partial charge in [-0.25, -0.2) is 9.78 Å². The molecule has 5 aromatic rings. The van der Waals surface area contributed by atoms with Crippen LogP contribution in [0.25, 0.3) is 22.7 Å². The Kier molecular flexibility index (Phi) is 4.87. The van der Waals surface area contributed by atoms with E-state index < -0.39 is 11.2 Å². The largest absolute Gasteiger partial charge is 0.440 e. The van der Waals surface area contributed by atoms with Crippen molar-refractivity contribution in [2.75, 3.05) is 0 Å². The van der Waals surface area contributed by atoms with E-state index in [4.69, 9.17) is 9.15 Å². The van der Waals surface area contributed by atoms with Gasteiger partial charge in [-0.2, -0.15) is 4.98 Å². The molecule has 0 aliphatic carbocycles. The van der Waals surface area contributed by atoms with Crippen molar-refractivity contribution in [3.63, 3.8) is 0 Å². The molecule has 0 spiro atoms. The SMILES string of the molecule is Cc1c(Oc2ccc(-c3nc4ncccc4o3)cc2)[nH]c(=O)n(Cc2ccccc2)c1=O. The first-order valence-electron chi connectivity index (χ1n) is 9.96. The molecule has 5 rings (SSSR count). The minimum absolute atomic E-state index is 0.114. The van der Waals surface area contributed by atoms with E-state index in [1.54, 1.807) is 49.5 Å². The Morgan fingerprint density at radius 1 is 1.00 bits per heavy atom. The molecule has 3 heterocycles. The number of oxazole rings is 1. The lowest BCUT2D eigenvalue weighted by atomic mass is 10.2. The highest BCUT2D eigenvalue weighted by Gasteiger charge is 2.14. The minimum atomic E-state index is -0.532. The molecule has 8 nitrogen and oxygen atoms in total. The van der Waals surface area contributed by atoms with E-state index in [9.17, 15) is 9.59 Å². The summed E-state index contributed by atoms with van der Waals surface area (Å²) in [5, 5.41) is 0. The molecular weight excluding hydrogens is 408 g/mol. The number of hydrogen-bond acceptors (Lipinski definition) is 6. The maximum Gasteiger partial charge on any atom is 0.331 e. The highest BCUT2D eigenvalue weighted by Crippen LogP contribution is 2.27. The second kappa shape index (κ2) is 7.99. The summed E-state index contributed by atoms with van der Waals surface area (Å²) in [6, 6.07) is 19.9. The zero-order chi connectivity index (χ0) is 22.1. The van der Waals surface area contributed by atoms with Gasteiger partial charge in [-0.15, -0.1) is 0 Å². The minimum Gasteiger partial charge on any atom is -0.440 e. The van der Waals surface area contributed by atoms with E-state index in [0.29, 0.717) is 28.4 Å². The van der Waals surface area contributed by atoms with Crippen LogP contribution in [0.4, 0.5) is 0 Å². The molecule has 158 valence electrons. The van der Waals surface area contributed by atoms with Gasteiger partial charge >= 0.3 is 5.69 Å². The van der Waals surface area contributed by atoms with Crippen LogP contribution in [0.3, 0.4) is 0 Å². The lowest BCUT2D eigenvalue weighted by molar-refractivity contribution is 0.447. The van der Waals surface area contributed by atoms with E-state index in [1.165, 1.54) is 0 Å². The highest BCUT2D eigenvalue weighted by molar-refractivity contribution is 5.72. The number of pyridine rings is 1. The highest BCUT2D eigenvalue weighted by atomic mass is 16.5. The fourth-order valence-electron chi connectivity index (χ4n) is 3.34. The smallest absolute Gasteiger partial charge is 0.331 e. The predicted octanol–water partition coefficient (Wildman–Crippen LogP) is 3.89. The fourth-order valence-corrected chi connectivity index (χ4v) is 3.34. The summed E-state index contributed by atoms with van der Waals surface area (Å²) in [6.45, 7) is 1.80. The topological polar surface area (TPSA) is 103 Å². The molecule has 0 aliphatic heterocycles. The molecule has 0 saturated heterocycles. The van der Waals surface area contributed by atoms with Gasteiger partial charge < -0.3 is 9.15 Å². The summed E-state index contributed by atoms with van der Waals surface area (Å²) in [4.78, 5) is 36.5. The Balaban J connectivity index is 1.40. The van der Waals surface area contributed by atoms with Crippen molar-refractivity contribution in [3.05, 3.63) is 105 Å². The number of fused-ring (bicyclic) bond motifs is 1. The van der Waals surface area contributed by atoms with Crippen molar-refractivity contribution in [2.45, 2.75) is 13.5 Å². The lowest BCUT2D eigenvalue weighted by Gasteiger charge is -2.11. The van der Waals surface area contributed by atoms with Crippen LogP contribution in [0.5, 0.6) is 11.6 Å². The maximum absolute atomic E-state index is 12.8. The Hall–Kier alpha value is -4.46. The Morgan fingerprint density at radius 2 is 1.78 bits per heavy atom. The van der Waals surface area contributed by atoms with Gasteiger partial charge in [0.15, 0.2) is 11.2 Å². The van der Waals surface area contributed by atoms with Crippen LogP contribution in [-0.4, -0.2) is 19.5 Å². The molecule has 0 fully saturated rings. The van der Waals surface area contributed by atoms with Crippen LogP contribution in [0.2, 0.25) is 0 Å². The third-order valence-corrected chi connectivity index (χ3v) is 5.04. The summed E-state index contributed by atoms with van der Waals surface area (Å²) < 4.78 is 12.7. The molecule has 2 aromatic carbocycles. The number of hydrogen-bond donors (Lipinski definition) is 1. The van der Waals surface area contributed by atoms with Gasteiger partial charge in [0.05, 0.1) is 12.1 Å². The second-order valence-electron chi connectivity index (χ2n) is 7.23. The summed E-state index contributed by atoms with van der Waals surface area (Å²) in [5.74, 6) is 1.02. The lowest BCUT2D eigenvalue weighted by Crippen LogP contribution is -2.37. The van der Waals surface area contributed by atoms with Crippen molar-refractivity contribution in [2.24, 2.45) is 0 Å². The predicted molar refractivity (Wildman–Crippen MR) is 119 cm³/mol. The third kappa shape index (κ3) is 3.69. The Morgan fingerprint density at radius 3 is 2.53 bits per heavy atom. The standard InChI is InChI=1S/C24H18N4O4/c1-15-21(27-24(30)28(23(15)29)14-16-6-3-2-4-7-16)31-18-11-9-17(10-12-18)22-26-20-19(32-22)8-5-13-25-20/h2-13H,14H2,1H3,(H,27,30). The van der Waals surface area contributed by atoms with E-state index in [2.05, 4.69) is 15.0 Å². The van der Waals surface area contributed by atoms with E-state index in [1.807, 2.05) is 30.3 Å². The van der Waals surface area contributed by atoms with Crippen molar-refractivity contribution in [3.8, 4) is 23.1 Å². The second-order valence-corrected chi connectivity index (χ2v) is 7.23. The van der Waals surface area contributed by atoms with E-state index in [-0.39, 0.29) is 12.4 Å². The summed E-state index contributed by atoms with van der Waals surface area (Å²) in [5.41, 5.74) is 2.13. The van der Waals surface area contributed by atoms with Crippen LogP contribution >= 0.6 is 0 Å². The summed E-state index contributed by atoms with van der Waals surface area (Å²) in [7, 11) is 0. The van der Waals surface area contributed by atoms with Gasteiger partial charge in [-0.05, 0) is 48.9 Å². The first-order valence-corrected chi connectivity index (χ1v) is 9.96. The van der Waals surface area contributed by atoms with Gasteiger partial charge in [0.25, 0.3) is 5.56 Å². The van der Waals surface area contributed by atoms with Gasteiger partial charge in [-0.1, -0.05) is 30.3 Å². The van der Waals surface area contributed by atoms with E-state index >= 15 is 0 Å². The molecule has 3 aromatic heterocycles. The normalized spacial score (nSPS) is 11.0. The Labute approximate surface area is 181 Å². The fraction of sp³-hybridized carbons (Fsp3) is 0.0833. The number of nitrogens with one attached hydrogen (secondary N) is 1. The van der Waals surface area contributed by atoms with Gasteiger partial charge in [0.1, 0.15) is 5.75 Å². The molecular formula is C24H18N4O4. The molecule has 0 atom stereocenters. The molecule has 0 saturated carbocycles. The molecule has 1 N–H and O–H groups in total. The number of H-pyrrole nitrogens is 1. The van der Waals surface area contributed by atoms with Gasteiger partial charge in [0.2, 0.25) is 11.8 Å². The molecule has 0 bridgehead atoms. The molecule has 0 amide bonds. The molecule has 0 radical (unpaired) electrons. The molecule has 8 heteroatoms. The molecule has 0 aliphatic rings. The van der Waals surface area contributed by atoms with Gasteiger partial charge in [0, 0.05) is 11.8 Å². The number of rotatable bonds is 5. The quantitative estimate of drug-likeness (QED) is 0.457. The number of nitrogens with zero attached hydrogens (tertiary/aromatic N) is 3. The van der Waals surface area contributed by atoms with Crippen molar-refractivity contribution < 1.29 is 9.15 Å². The average molecular weight is 426 g/mol. The van der Waals surface area contributed by atoms with Crippen LogP contribution < -0.4 is 16.0 Å². The monoisotopic (exact) mass is 426 g/mol. The van der Waals surface area contributed by atoms with Crippen LogP contribution in [0.1, 0.15) is 11.1 Å². The number of aromatic nitrogens is 4. The number of aromatic amines is 1.